The Morgan fingerprint density at radius 2 is 1.92 bits per heavy atom. The Labute approximate surface area is 146 Å². The summed E-state index contributed by atoms with van der Waals surface area (Å²) in [4.78, 5) is 16.6. The Morgan fingerprint density at radius 1 is 1.08 bits per heavy atom. The lowest BCUT2D eigenvalue weighted by atomic mass is 9.92. The minimum absolute atomic E-state index is 0.00853. The Kier molecular flexibility index (Phi) is 3.95. The van der Waals surface area contributed by atoms with Crippen LogP contribution in [0.15, 0.2) is 66.0 Å². The molecule has 2 aromatic carbocycles. The minimum atomic E-state index is 0.00853. The molecule has 3 aromatic rings. The molecular formula is C21H19NOS. The van der Waals surface area contributed by atoms with Crippen LogP contribution < -0.4 is 0 Å². The Hall–Kier alpha value is -2.39. The SMILES string of the molecule is Cc1cccc(C(=O)N2CCc3sccc3C2c2ccccc2)c1. The van der Waals surface area contributed by atoms with Gasteiger partial charge in [0.25, 0.3) is 5.91 Å². The van der Waals surface area contributed by atoms with Gasteiger partial charge in [-0.25, -0.2) is 0 Å². The molecule has 0 bridgehead atoms. The second kappa shape index (κ2) is 6.25. The van der Waals surface area contributed by atoms with Crippen LogP contribution in [0.5, 0.6) is 0 Å². The molecule has 24 heavy (non-hydrogen) atoms. The van der Waals surface area contributed by atoms with E-state index in [4.69, 9.17) is 0 Å². The van der Waals surface area contributed by atoms with Crippen molar-refractivity contribution < 1.29 is 4.79 Å². The fraction of sp³-hybridized carbons (Fsp3) is 0.190. The predicted molar refractivity (Wildman–Crippen MR) is 98.5 cm³/mol. The molecule has 0 saturated heterocycles. The molecule has 1 aromatic heterocycles. The van der Waals surface area contributed by atoms with Crippen molar-refractivity contribution in [3.8, 4) is 0 Å². The molecule has 1 aliphatic rings. The molecule has 0 radical (unpaired) electrons. The largest absolute Gasteiger partial charge is 0.327 e. The van der Waals surface area contributed by atoms with Crippen LogP contribution in [0.3, 0.4) is 0 Å². The van der Waals surface area contributed by atoms with Gasteiger partial charge >= 0.3 is 0 Å². The fourth-order valence-corrected chi connectivity index (χ4v) is 4.38. The molecule has 0 fully saturated rings. The molecule has 2 heterocycles. The topological polar surface area (TPSA) is 20.3 Å². The van der Waals surface area contributed by atoms with E-state index >= 15 is 0 Å². The van der Waals surface area contributed by atoms with Gasteiger partial charge in [-0.2, -0.15) is 0 Å². The minimum Gasteiger partial charge on any atom is -0.327 e. The van der Waals surface area contributed by atoms with E-state index in [-0.39, 0.29) is 11.9 Å². The summed E-state index contributed by atoms with van der Waals surface area (Å²) in [6.45, 7) is 2.79. The van der Waals surface area contributed by atoms with Gasteiger partial charge in [-0.1, -0.05) is 48.0 Å². The summed E-state index contributed by atoms with van der Waals surface area (Å²) >= 11 is 1.80. The van der Waals surface area contributed by atoms with E-state index in [1.807, 2.05) is 54.3 Å². The first-order chi connectivity index (χ1) is 11.7. The molecule has 0 spiro atoms. The summed E-state index contributed by atoms with van der Waals surface area (Å²) in [6, 6.07) is 20.4. The number of hydrogen-bond donors (Lipinski definition) is 0. The van der Waals surface area contributed by atoms with Crippen molar-refractivity contribution in [3.63, 3.8) is 0 Å². The Balaban J connectivity index is 1.78. The normalized spacial score (nSPS) is 16.7. The Morgan fingerprint density at radius 3 is 2.71 bits per heavy atom. The number of fused-ring (bicyclic) bond motifs is 1. The lowest BCUT2D eigenvalue weighted by molar-refractivity contribution is 0.0696. The van der Waals surface area contributed by atoms with Crippen molar-refractivity contribution in [3.05, 3.63) is 93.2 Å². The average molecular weight is 333 g/mol. The number of amides is 1. The number of nitrogens with zero attached hydrogens (tertiary/aromatic N) is 1. The van der Waals surface area contributed by atoms with E-state index in [1.54, 1.807) is 11.3 Å². The van der Waals surface area contributed by atoms with Gasteiger partial charge < -0.3 is 4.90 Å². The van der Waals surface area contributed by atoms with Crippen molar-refractivity contribution in [2.45, 2.75) is 19.4 Å². The van der Waals surface area contributed by atoms with E-state index in [0.29, 0.717) is 0 Å². The maximum absolute atomic E-state index is 13.2. The summed E-state index contributed by atoms with van der Waals surface area (Å²) in [5, 5.41) is 2.14. The number of rotatable bonds is 2. The van der Waals surface area contributed by atoms with Crippen LogP contribution in [-0.2, 0) is 6.42 Å². The highest BCUT2D eigenvalue weighted by atomic mass is 32.1. The van der Waals surface area contributed by atoms with E-state index < -0.39 is 0 Å². The lowest BCUT2D eigenvalue weighted by Crippen LogP contribution is -2.40. The van der Waals surface area contributed by atoms with Gasteiger partial charge in [-0.15, -0.1) is 11.3 Å². The summed E-state index contributed by atoms with van der Waals surface area (Å²) < 4.78 is 0. The smallest absolute Gasteiger partial charge is 0.254 e. The van der Waals surface area contributed by atoms with Gasteiger partial charge in [0, 0.05) is 17.0 Å². The number of benzene rings is 2. The predicted octanol–water partition coefficient (Wildman–Crippen LogP) is 4.84. The molecule has 0 N–H and O–H groups in total. The third kappa shape index (κ3) is 2.65. The van der Waals surface area contributed by atoms with Crippen molar-refractivity contribution in [2.24, 2.45) is 0 Å². The van der Waals surface area contributed by atoms with Crippen molar-refractivity contribution in [1.29, 1.82) is 0 Å². The standard InChI is InChI=1S/C21H19NOS/c1-15-6-5-9-17(14-15)21(23)22-12-10-19-18(11-13-24-19)20(22)16-7-3-2-4-8-16/h2-9,11,13-14,20H,10,12H2,1H3. The fourth-order valence-electron chi connectivity index (χ4n) is 3.47. The second-order valence-corrected chi connectivity index (χ2v) is 7.23. The van der Waals surface area contributed by atoms with Crippen LogP contribution in [0.2, 0.25) is 0 Å². The monoisotopic (exact) mass is 333 g/mol. The summed E-state index contributed by atoms with van der Waals surface area (Å²) in [7, 11) is 0. The molecule has 0 aliphatic carbocycles. The van der Waals surface area contributed by atoms with Crippen LogP contribution in [0.25, 0.3) is 0 Å². The highest BCUT2D eigenvalue weighted by molar-refractivity contribution is 7.10. The molecule has 3 heteroatoms. The second-order valence-electron chi connectivity index (χ2n) is 6.23. The van der Waals surface area contributed by atoms with Crippen molar-refractivity contribution >= 4 is 17.2 Å². The third-order valence-electron chi connectivity index (χ3n) is 4.61. The molecule has 1 atom stereocenters. The van der Waals surface area contributed by atoms with Crippen LogP contribution >= 0.6 is 11.3 Å². The van der Waals surface area contributed by atoms with Crippen LogP contribution in [0.4, 0.5) is 0 Å². The van der Waals surface area contributed by atoms with E-state index in [1.165, 1.54) is 16.0 Å². The maximum atomic E-state index is 13.2. The lowest BCUT2D eigenvalue weighted by Gasteiger charge is -2.36. The van der Waals surface area contributed by atoms with Gasteiger partial charge in [-0.3, -0.25) is 4.79 Å². The molecule has 1 unspecified atom stereocenters. The van der Waals surface area contributed by atoms with Gasteiger partial charge in [0.15, 0.2) is 0 Å². The van der Waals surface area contributed by atoms with Gasteiger partial charge in [-0.05, 0) is 48.1 Å². The molecular weight excluding hydrogens is 314 g/mol. The average Bonchev–Trinajstić information content (AvgIpc) is 3.09. The highest BCUT2D eigenvalue weighted by Gasteiger charge is 2.33. The molecule has 2 nitrogen and oxygen atoms in total. The first-order valence-electron chi connectivity index (χ1n) is 8.23. The summed E-state index contributed by atoms with van der Waals surface area (Å²) in [5.41, 5.74) is 4.34. The zero-order valence-electron chi connectivity index (χ0n) is 13.6. The molecule has 120 valence electrons. The molecule has 1 amide bonds. The van der Waals surface area contributed by atoms with E-state index in [0.717, 1.165) is 24.1 Å². The molecule has 1 aliphatic heterocycles. The number of thiophene rings is 1. The summed E-state index contributed by atoms with van der Waals surface area (Å²) in [5.74, 6) is 0.115. The molecule has 0 saturated carbocycles. The third-order valence-corrected chi connectivity index (χ3v) is 5.60. The Bertz CT molecular complexity index is 868. The number of aryl methyl sites for hydroxylation is 1. The van der Waals surface area contributed by atoms with Gasteiger partial charge in [0.2, 0.25) is 0 Å². The maximum Gasteiger partial charge on any atom is 0.254 e. The zero-order chi connectivity index (χ0) is 16.5. The van der Waals surface area contributed by atoms with Crippen molar-refractivity contribution in [1.82, 2.24) is 4.90 Å². The van der Waals surface area contributed by atoms with Gasteiger partial charge in [0.1, 0.15) is 0 Å². The summed E-state index contributed by atoms with van der Waals surface area (Å²) in [6.07, 6.45) is 0.938. The van der Waals surface area contributed by atoms with E-state index in [2.05, 4.69) is 23.6 Å². The van der Waals surface area contributed by atoms with Crippen LogP contribution in [0.1, 0.15) is 38.0 Å². The first-order valence-corrected chi connectivity index (χ1v) is 9.11. The highest BCUT2D eigenvalue weighted by Crippen LogP contribution is 2.38. The molecule has 4 rings (SSSR count). The van der Waals surface area contributed by atoms with Crippen LogP contribution in [0, 0.1) is 6.92 Å². The van der Waals surface area contributed by atoms with Gasteiger partial charge in [0.05, 0.1) is 6.04 Å². The first kappa shape index (κ1) is 15.2. The van der Waals surface area contributed by atoms with Crippen molar-refractivity contribution in [2.75, 3.05) is 6.54 Å². The number of carbonyl (C=O) groups is 1. The quantitative estimate of drug-likeness (QED) is 0.657. The number of carbonyl (C=O) groups excluding carboxylic acids is 1. The van der Waals surface area contributed by atoms with E-state index in [9.17, 15) is 4.79 Å². The zero-order valence-corrected chi connectivity index (χ0v) is 14.4. The van der Waals surface area contributed by atoms with Crippen LogP contribution in [-0.4, -0.2) is 17.4 Å². The number of hydrogen-bond acceptors (Lipinski definition) is 2.